The van der Waals surface area contributed by atoms with Gasteiger partial charge in [-0.3, -0.25) is 0 Å². The second-order valence-corrected chi connectivity index (χ2v) is 4.82. The van der Waals surface area contributed by atoms with Gasteiger partial charge in [-0.15, -0.1) is 0 Å². The number of ether oxygens (including phenoxy) is 1. The number of fused-ring (bicyclic) bond motifs is 2. The van der Waals surface area contributed by atoms with Crippen molar-refractivity contribution in [2.24, 2.45) is 0 Å². The lowest BCUT2D eigenvalue weighted by molar-refractivity contribution is 0.0698. The lowest BCUT2D eigenvalue weighted by Crippen LogP contribution is -2.30. The van der Waals surface area contributed by atoms with Crippen LogP contribution in [-0.4, -0.2) is 34.3 Å². The first-order valence-electron chi connectivity index (χ1n) is 6.04. The number of nitrogens with two attached hydrogens (primary N) is 1. The molecule has 0 aromatic carbocycles. The molecule has 1 aromatic heterocycles. The van der Waals surface area contributed by atoms with Gasteiger partial charge in [0.2, 0.25) is 0 Å². The Bertz CT molecular complexity index is 491. The molecule has 4 N–H and O–H groups in total. The summed E-state index contributed by atoms with van der Waals surface area (Å²) in [5.41, 5.74) is 5.82. The Morgan fingerprint density at radius 2 is 2.39 bits per heavy atom. The maximum absolute atomic E-state index is 11.0. The van der Waals surface area contributed by atoms with Gasteiger partial charge in [0, 0.05) is 0 Å². The van der Waals surface area contributed by atoms with Gasteiger partial charge in [0.25, 0.3) is 0 Å². The van der Waals surface area contributed by atoms with Crippen LogP contribution in [-0.2, 0) is 4.74 Å². The van der Waals surface area contributed by atoms with Crippen LogP contribution in [0.2, 0.25) is 0 Å². The molecule has 0 spiro atoms. The van der Waals surface area contributed by atoms with Gasteiger partial charge in [0.05, 0.1) is 35.7 Å². The molecule has 0 saturated carbocycles. The van der Waals surface area contributed by atoms with Crippen molar-refractivity contribution in [3.8, 4) is 0 Å². The average Bonchev–Trinajstić information content (AvgIpc) is 2.93. The fourth-order valence-electron chi connectivity index (χ4n) is 2.71. The van der Waals surface area contributed by atoms with E-state index in [1.165, 1.54) is 12.3 Å². The molecule has 1 aromatic rings. The summed E-state index contributed by atoms with van der Waals surface area (Å²) in [5.74, 6) is -0.495. The SMILES string of the molecule is Nc1cnc(NC2CC3CCC2O3)cc1C(=O)O. The van der Waals surface area contributed by atoms with E-state index < -0.39 is 5.97 Å². The van der Waals surface area contributed by atoms with Gasteiger partial charge in [-0.05, 0) is 25.3 Å². The van der Waals surface area contributed by atoms with Crippen LogP contribution in [0.25, 0.3) is 0 Å². The molecule has 0 aliphatic carbocycles. The lowest BCUT2D eigenvalue weighted by atomic mass is 9.95. The molecule has 6 heteroatoms. The zero-order valence-electron chi connectivity index (χ0n) is 9.80. The third-order valence-electron chi connectivity index (χ3n) is 3.60. The molecule has 0 amide bonds. The van der Waals surface area contributed by atoms with Crippen LogP contribution in [0.1, 0.15) is 29.6 Å². The van der Waals surface area contributed by atoms with E-state index in [1.54, 1.807) is 0 Å². The summed E-state index contributed by atoms with van der Waals surface area (Å²) in [4.78, 5) is 15.1. The summed E-state index contributed by atoms with van der Waals surface area (Å²) < 4.78 is 5.73. The van der Waals surface area contributed by atoms with Crippen molar-refractivity contribution in [2.75, 3.05) is 11.1 Å². The number of carboxylic acid groups (broad SMARTS) is 1. The number of hydrogen-bond acceptors (Lipinski definition) is 5. The highest BCUT2D eigenvalue weighted by molar-refractivity contribution is 5.94. The molecule has 3 rings (SSSR count). The maximum atomic E-state index is 11.0. The van der Waals surface area contributed by atoms with E-state index in [0.717, 1.165) is 19.3 Å². The third-order valence-corrected chi connectivity index (χ3v) is 3.60. The standard InChI is InChI=1S/C12H15N3O3/c13-8-5-14-11(4-7(8)12(16)17)15-9-3-6-1-2-10(9)18-6/h4-6,9-10H,1-3,13H2,(H,14,15)(H,16,17). The number of nitrogens with zero attached hydrogens (tertiary/aromatic N) is 1. The van der Waals surface area contributed by atoms with Gasteiger partial charge in [-0.2, -0.15) is 0 Å². The monoisotopic (exact) mass is 249 g/mol. The van der Waals surface area contributed by atoms with Crippen LogP contribution < -0.4 is 11.1 Å². The van der Waals surface area contributed by atoms with Crippen LogP contribution in [0.3, 0.4) is 0 Å². The number of aromatic carboxylic acids is 1. The van der Waals surface area contributed by atoms with Crippen molar-refractivity contribution in [3.05, 3.63) is 17.8 Å². The predicted molar refractivity (Wildman–Crippen MR) is 65.5 cm³/mol. The van der Waals surface area contributed by atoms with Crippen LogP contribution in [0.5, 0.6) is 0 Å². The normalized spacial score (nSPS) is 29.4. The Kier molecular flexibility index (Phi) is 2.59. The van der Waals surface area contributed by atoms with E-state index in [4.69, 9.17) is 15.6 Å². The third kappa shape index (κ3) is 1.88. The van der Waals surface area contributed by atoms with Crippen LogP contribution in [0.15, 0.2) is 12.3 Å². The fourth-order valence-corrected chi connectivity index (χ4v) is 2.71. The van der Waals surface area contributed by atoms with E-state index in [9.17, 15) is 4.79 Å². The molecular weight excluding hydrogens is 234 g/mol. The van der Waals surface area contributed by atoms with E-state index in [2.05, 4.69) is 10.3 Å². The molecule has 2 fully saturated rings. The Balaban J connectivity index is 1.77. The van der Waals surface area contributed by atoms with E-state index in [-0.39, 0.29) is 23.4 Å². The van der Waals surface area contributed by atoms with Gasteiger partial charge in [-0.1, -0.05) is 0 Å². The van der Waals surface area contributed by atoms with Gasteiger partial charge in [0.1, 0.15) is 5.82 Å². The highest BCUT2D eigenvalue weighted by Gasteiger charge is 2.40. The largest absolute Gasteiger partial charge is 0.478 e. The zero-order chi connectivity index (χ0) is 12.7. The van der Waals surface area contributed by atoms with Crippen LogP contribution >= 0.6 is 0 Å². The molecule has 2 bridgehead atoms. The Morgan fingerprint density at radius 3 is 3.00 bits per heavy atom. The first kappa shape index (κ1) is 11.3. The van der Waals surface area contributed by atoms with Gasteiger partial charge in [-0.25, -0.2) is 9.78 Å². The fraction of sp³-hybridized carbons (Fsp3) is 0.500. The highest BCUT2D eigenvalue weighted by atomic mass is 16.5. The van der Waals surface area contributed by atoms with Crippen molar-refractivity contribution in [3.63, 3.8) is 0 Å². The van der Waals surface area contributed by atoms with Crippen LogP contribution in [0.4, 0.5) is 11.5 Å². The molecule has 0 radical (unpaired) electrons. The van der Waals surface area contributed by atoms with Crippen molar-refractivity contribution in [2.45, 2.75) is 37.5 Å². The number of anilines is 2. The highest BCUT2D eigenvalue weighted by Crippen LogP contribution is 2.35. The summed E-state index contributed by atoms with van der Waals surface area (Å²) in [6, 6.07) is 1.70. The summed E-state index contributed by atoms with van der Waals surface area (Å²) in [7, 11) is 0. The molecule has 96 valence electrons. The summed E-state index contributed by atoms with van der Waals surface area (Å²) in [6.07, 6.45) is 5.09. The number of rotatable bonds is 3. The number of pyridine rings is 1. The minimum atomic E-state index is -1.04. The van der Waals surface area contributed by atoms with Gasteiger partial charge in [0.15, 0.2) is 0 Å². The molecule has 2 aliphatic heterocycles. The van der Waals surface area contributed by atoms with Gasteiger partial charge < -0.3 is 20.9 Å². The molecule has 2 saturated heterocycles. The average molecular weight is 249 g/mol. The van der Waals surface area contributed by atoms with E-state index >= 15 is 0 Å². The van der Waals surface area contributed by atoms with Crippen LogP contribution in [0, 0.1) is 0 Å². The molecule has 3 atom stereocenters. The second kappa shape index (κ2) is 4.13. The Hall–Kier alpha value is -1.82. The van der Waals surface area contributed by atoms with E-state index in [1.807, 2.05) is 0 Å². The van der Waals surface area contributed by atoms with Gasteiger partial charge >= 0.3 is 5.97 Å². The quantitative estimate of drug-likeness (QED) is 0.742. The molecular formula is C12H15N3O3. The second-order valence-electron chi connectivity index (χ2n) is 4.82. The number of nitrogen functional groups attached to an aromatic ring is 1. The predicted octanol–water partition coefficient (Wildman–Crippen LogP) is 1.09. The first-order chi connectivity index (χ1) is 8.63. The summed E-state index contributed by atoms with van der Waals surface area (Å²) in [5, 5.41) is 12.2. The van der Waals surface area contributed by atoms with Crippen molar-refractivity contribution in [1.82, 2.24) is 4.98 Å². The van der Waals surface area contributed by atoms with Crippen molar-refractivity contribution < 1.29 is 14.6 Å². The van der Waals surface area contributed by atoms with Crippen molar-refractivity contribution >= 4 is 17.5 Å². The minimum absolute atomic E-state index is 0.0802. The number of carbonyl (C=O) groups is 1. The smallest absolute Gasteiger partial charge is 0.337 e. The topological polar surface area (TPSA) is 97.5 Å². The molecule has 6 nitrogen and oxygen atoms in total. The molecule has 18 heavy (non-hydrogen) atoms. The lowest BCUT2D eigenvalue weighted by Gasteiger charge is -2.20. The number of nitrogens with one attached hydrogen (secondary N) is 1. The number of carboxylic acids is 1. The minimum Gasteiger partial charge on any atom is -0.478 e. The molecule has 2 aliphatic rings. The summed E-state index contributed by atoms with van der Waals surface area (Å²) >= 11 is 0. The molecule has 3 unspecified atom stereocenters. The number of hydrogen-bond donors (Lipinski definition) is 3. The van der Waals surface area contributed by atoms with Crippen molar-refractivity contribution in [1.29, 1.82) is 0 Å². The Labute approximate surface area is 104 Å². The number of aromatic nitrogens is 1. The Morgan fingerprint density at radius 1 is 1.56 bits per heavy atom. The summed E-state index contributed by atoms with van der Waals surface area (Å²) in [6.45, 7) is 0. The molecule has 3 heterocycles. The van der Waals surface area contributed by atoms with E-state index in [0.29, 0.717) is 11.9 Å². The first-order valence-corrected chi connectivity index (χ1v) is 6.04. The zero-order valence-corrected chi connectivity index (χ0v) is 9.80. The maximum Gasteiger partial charge on any atom is 0.337 e.